The van der Waals surface area contributed by atoms with Crippen LogP contribution in [0.1, 0.15) is 77.7 Å². The van der Waals surface area contributed by atoms with E-state index in [1.807, 2.05) is 0 Å². The van der Waals surface area contributed by atoms with Gasteiger partial charge in [0.05, 0.1) is 10.7 Å². The zero-order chi connectivity index (χ0) is 12.7. The average molecular weight is 265 g/mol. The predicted octanol–water partition coefficient (Wildman–Crippen LogP) is 4.01. The fraction of sp³-hybridized carbons (Fsp3) is 0.714. The molecule has 0 bridgehead atoms. The summed E-state index contributed by atoms with van der Waals surface area (Å²) in [5, 5.41) is 10.4. The van der Waals surface area contributed by atoms with Crippen LogP contribution >= 0.6 is 11.3 Å². The molecular formula is C14H19NO2S. The average Bonchev–Trinajstić information content (AvgIpc) is 3.09. The molecule has 1 heterocycles. The maximum absolute atomic E-state index is 11.3. The lowest BCUT2D eigenvalue weighted by Gasteiger charge is -2.24. The highest BCUT2D eigenvalue weighted by atomic mass is 32.1. The Bertz CT molecular complexity index is 456. The molecule has 0 aliphatic heterocycles. The molecule has 0 radical (unpaired) electrons. The highest BCUT2D eigenvalue weighted by molar-refractivity contribution is 7.13. The number of carbonyl (C=O) groups is 1. The van der Waals surface area contributed by atoms with Gasteiger partial charge in [-0.15, -0.1) is 11.3 Å². The fourth-order valence-corrected chi connectivity index (χ4v) is 3.98. The van der Waals surface area contributed by atoms with Gasteiger partial charge in [-0.1, -0.05) is 19.8 Å². The van der Waals surface area contributed by atoms with Gasteiger partial charge >= 0.3 is 5.97 Å². The zero-order valence-corrected chi connectivity index (χ0v) is 11.5. The molecule has 0 aromatic carbocycles. The van der Waals surface area contributed by atoms with Gasteiger partial charge in [-0.25, -0.2) is 9.78 Å². The molecule has 0 spiro atoms. The number of aromatic carboxylic acids is 1. The van der Waals surface area contributed by atoms with E-state index < -0.39 is 5.97 Å². The second-order valence-electron chi connectivity index (χ2n) is 5.80. The number of hydrogen-bond donors (Lipinski definition) is 1. The first kappa shape index (κ1) is 12.2. The number of nitrogens with zero attached hydrogens (tertiary/aromatic N) is 1. The predicted molar refractivity (Wildman–Crippen MR) is 71.4 cm³/mol. The van der Waals surface area contributed by atoms with Crippen LogP contribution in [-0.4, -0.2) is 16.1 Å². The minimum absolute atomic E-state index is 0.434. The molecule has 2 aliphatic carbocycles. The van der Waals surface area contributed by atoms with Crippen LogP contribution in [0.2, 0.25) is 0 Å². The number of hydrogen-bond acceptors (Lipinski definition) is 3. The lowest BCUT2D eigenvalue weighted by molar-refractivity contribution is 0.0700. The molecule has 2 fully saturated rings. The molecule has 4 heteroatoms. The van der Waals surface area contributed by atoms with Crippen LogP contribution in [0.3, 0.4) is 0 Å². The summed E-state index contributed by atoms with van der Waals surface area (Å²) in [7, 11) is 0. The van der Waals surface area contributed by atoms with Gasteiger partial charge in [-0.3, -0.25) is 0 Å². The van der Waals surface area contributed by atoms with E-state index in [1.165, 1.54) is 37.0 Å². The maximum Gasteiger partial charge on any atom is 0.347 e. The first-order chi connectivity index (χ1) is 8.65. The minimum atomic E-state index is -0.787. The van der Waals surface area contributed by atoms with Gasteiger partial charge < -0.3 is 5.11 Å². The Morgan fingerprint density at radius 2 is 1.78 bits per heavy atom. The molecule has 0 amide bonds. The van der Waals surface area contributed by atoms with Crippen LogP contribution in [0.5, 0.6) is 0 Å². The molecule has 0 saturated heterocycles. The fourth-order valence-electron chi connectivity index (χ4n) is 2.82. The van der Waals surface area contributed by atoms with Crippen molar-refractivity contribution < 1.29 is 9.90 Å². The number of carboxylic acids is 1. The minimum Gasteiger partial charge on any atom is -0.477 e. The summed E-state index contributed by atoms with van der Waals surface area (Å²) in [4.78, 5) is 16.5. The smallest absolute Gasteiger partial charge is 0.347 e. The van der Waals surface area contributed by atoms with Crippen LogP contribution in [0.15, 0.2) is 0 Å². The van der Waals surface area contributed by atoms with Crippen LogP contribution in [0, 0.1) is 5.92 Å². The Labute approximate surface area is 111 Å². The van der Waals surface area contributed by atoms with Gasteiger partial charge in [0, 0.05) is 11.8 Å². The SMILES string of the molecule is CC1CCC(c2nc(C3CC3)c(C(=O)O)s2)CC1. The standard InChI is InChI=1S/C14H19NO2S/c1-8-2-4-10(5-3-8)13-15-11(9-6-7-9)12(18-13)14(16)17/h8-10H,2-7H2,1H3,(H,16,17). The molecular weight excluding hydrogens is 246 g/mol. The van der Waals surface area contributed by atoms with Crippen LogP contribution < -0.4 is 0 Å². The molecule has 1 N–H and O–H groups in total. The molecule has 3 rings (SSSR count). The van der Waals surface area contributed by atoms with Crippen molar-refractivity contribution in [2.45, 2.75) is 57.3 Å². The second-order valence-corrected chi connectivity index (χ2v) is 6.83. The number of carboxylic acid groups (broad SMARTS) is 1. The van der Waals surface area contributed by atoms with Gasteiger partial charge in [-0.2, -0.15) is 0 Å². The normalized spacial score (nSPS) is 28.3. The van der Waals surface area contributed by atoms with Crippen molar-refractivity contribution >= 4 is 17.3 Å². The van der Waals surface area contributed by atoms with Gasteiger partial charge in [0.15, 0.2) is 0 Å². The van der Waals surface area contributed by atoms with Gasteiger partial charge in [0.2, 0.25) is 0 Å². The second kappa shape index (κ2) is 4.65. The van der Waals surface area contributed by atoms with E-state index in [0.29, 0.717) is 16.7 Å². The number of rotatable bonds is 3. The zero-order valence-electron chi connectivity index (χ0n) is 10.7. The summed E-state index contributed by atoms with van der Waals surface area (Å²) in [6.45, 7) is 2.30. The molecule has 98 valence electrons. The molecule has 0 atom stereocenters. The third-order valence-corrected chi connectivity index (χ3v) is 5.41. The Kier molecular flexibility index (Phi) is 3.14. The van der Waals surface area contributed by atoms with E-state index in [1.54, 1.807) is 0 Å². The lowest BCUT2D eigenvalue weighted by Crippen LogP contribution is -2.10. The summed E-state index contributed by atoms with van der Waals surface area (Å²) in [5.41, 5.74) is 0.876. The number of aromatic nitrogens is 1. The van der Waals surface area contributed by atoms with Crippen molar-refractivity contribution in [2.75, 3.05) is 0 Å². The molecule has 1 aromatic rings. The Morgan fingerprint density at radius 3 is 2.33 bits per heavy atom. The van der Waals surface area contributed by atoms with Gasteiger partial charge in [-0.05, 0) is 31.6 Å². The first-order valence-corrected chi connectivity index (χ1v) is 7.70. The third kappa shape index (κ3) is 2.30. The Balaban J connectivity index is 1.84. The van der Waals surface area contributed by atoms with Gasteiger partial charge in [0.25, 0.3) is 0 Å². The van der Waals surface area contributed by atoms with E-state index in [9.17, 15) is 9.90 Å². The summed E-state index contributed by atoms with van der Waals surface area (Å²) in [6, 6.07) is 0. The monoisotopic (exact) mass is 265 g/mol. The van der Waals surface area contributed by atoms with Crippen molar-refractivity contribution in [1.82, 2.24) is 4.98 Å². The molecule has 3 nitrogen and oxygen atoms in total. The molecule has 0 unspecified atom stereocenters. The van der Waals surface area contributed by atoms with Crippen LogP contribution in [-0.2, 0) is 0 Å². The third-order valence-electron chi connectivity index (χ3n) is 4.19. The number of thiazole rings is 1. The van der Waals surface area contributed by atoms with E-state index >= 15 is 0 Å². The highest BCUT2D eigenvalue weighted by Gasteiger charge is 2.33. The van der Waals surface area contributed by atoms with Crippen molar-refractivity contribution in [3.8, 4) is 0 Å². The molecule has 2 aliphatic rings. The Morgan fingerprint density at radius 1 is 1.17 bits per heavy atom. The lowest BCUT2D eigenvalue weighted by atomic mass is 9.83. The van der Waals surface area contributed by atoms with E-state index in [4.69, 9.17) is 0 Å². The van der Waals surface area contributed by atoms with E-state index in [2.05, 4.69) is 11.9 Å². The maximum atomic E-state index is 11.3. The van der Waals surface area contributed by atoms with E-state index in [-0.39, 0.29) is 0 Å². The summed E-state index contributed by atoms with van der Waals surface area (Å²) in [5.74, 6) is 0.980. The van der Waals surface area contributed by atoms with Crippen molar-refractivity contribution in [2.24, 2.45) is 5.92 Å². The van der Waals surface area contributed by atoms with Crippen LogP contribution in [0.4, 0.5) is 0 Å². The molecule has 2 saturated carbocycles. The summed E-state index contributed by atoms with van der Waals surface area (Å²) < 4.78 is 0. The first-order valence-electron chi connectivity index (χ1n) is 6.89. The van der Waals surface area contributed by atoms with Crippen LogP contribution in [0.25, 0.3) is 0 Å². The van der Waals surface area contributed by atoms with Crippen molar-refractivity contribution in [3.63, 3.8) is 0 Å². The topological polar surface area (TPSA) is 50.2 Å². The van der Waals surface area contributed by atoms with E-state index in [0.717, 1.165) is 29.5 Å². The summed E-state index contributed by atoms with van der Waals surface area (Å²) in [6.07, 6.45) is 7.10. The van der Waals surface area contributed by atoms with Gasteiger partial charge in [0.1, 0.15) is 4.88 Å². The quantitative estimate of drug-likeness (QED) is 0.898. The molecule has 18 heavy (non-hydrogen) atoms. The van der Waals surface area contributed by atoms with Crippen molar-refractivity contribution in [3.05, 3.63) is 15.6 Å². The largest absolute Gasteiger partial charge is 0.477 e. The highest BCUT2D eigenvalue weighted by Crippen LogP contribution is 2.45. The molecule has 1 aromatic heterocycles. The van der Waals surface area contributed by atoms with Crippen molar-refractivity contribution in [1.29, 1.82) is 0 Å². The Hall–Kier alpha value is -0.900. The summed E-state index contributed by atoms with van der Waals surface area (Å²) >= 11 is 1.43.